The molecular weight excluding hydrogens is 256 g/mol. The van der Waals surface area contributed by atoms with Crippen LogP contribution in [0.15, 0.2) is 36.5 Å². The van der Waals surface area contributed by atoms with Gasteiger partial charge < -0.3 is 4.90 Å². The molecular formula is C19H25N2+. The van der Waals surface area contributed by atoms with E-state index in [1.807, 2.05) is 0 Å². The van der Waals surface area contributed by atoms with Crippen LogP contribution in [0.5, 0.6) is 0 Å². The molecule has 0 fully saturated rings. The smallest absolute Gasteiger partial charge is 0.220 e. The Bertz CT molecular complexity index is 699. The topological polar surface area (TPSA) is 7.12 Å². The lowest BCUT2D eigenvalue weighted by Crippen LogP contribution is -2.51. The predicted octanol–water partition coefficient (Wildman–Crippen LogP) is 3.95. The van der Waals surface area contributed by atoms with E-state index in [0.717, 1.165) is 0 Å². The zero-order valence-electron chi connectivity index (χ0n) is 13.9. The average Bonchev–Trinajstić information content (AvgIpc) is 2.38. The van der Waals surface area contributed by atoms with Crippen LogP contribution in [0.2, 0.25) is 0 Å². The fourth-order valence-corrected chi connectivity index (χ4v) is 3.93. The fraction of sp³-hybridized carbons (Fsp3) is 0.421. The lowest BCUT2D eigenvalue weighted by Gasteiger charge is -2.47. The van der Waals surface area contributed by atoms with Gasteiger partial charge in [-0.3, -0.25) is 0 Å². The van der Waals surface area contributed by atoms with Crippen LogP contribution in [-0.2, 0) is 12.6 Å². The molecule has 0 radical (unpaired) electrons. The molecule has 0 atom stereocenters. The van der Waals surface area contributed by atoms with Gasteiger partial charge in [-0.25, -0.2) is 4.57 Å². The summed E-state index contributed by atoms with van der Waals surface area (Å²) >= 11 is 0. The summed E-state index contributed by atoms with van der Waals surface area (Å²) in [5.74, 6) is 0. The number of aromatic nitrogens is 1. The molecule has 2 nitrogen and oxygen atoms in total. The Morgan fingerprint density at radius 2 is 1.81 bits per heavy atom. The van der Waals surface area contributed by atoms with Crippen molar-refractivity contribution in [2.45, 2.75) is 46.2 Å². The Kier molecular flexibility index (Phi) is 3.09. The van der Waals surface area contributed by atoms with E-state index in [0.29, 0.717) is 6.04 Å². The molecule has 0 saturated carbocycles. The minimum atomic E-state index is -0.0106. The van der Waals surface area contributed by atoms with Gasteiger partial charge in [0.2, 0.25) is 5.69 Å². The summed E-state index contributed by atoms with van der Waals surface area (Å²) in [6, 6.07) is 11.5. The van der Waals surface area contributed by atoms with E-state index in [9.17, 15) is 0 Å². The fourth-order valence-electron chi connectivity index (χ4n) is 3.93. The summed E-state index contributed by atoms with van der Waals surface area (Å²) in [5.41, 5.74) is 6.82. The Morgan fingerprint density at radius 3 is 2.48 bits per heavy atom. The molecule has 0 unspecified atom stereocenters. The zero-order valence-corrected chi connectivity index (χ0v) is 13.9. The molecule has 21 heavy (non-hydrogen) atoms. The minimum absolute atomic E-state index is 0.0106. The summed E-state index contributed by atoms with van der Waals surface area (Å²) in [4.78, 5) is 2.55. The van der Waals surface area contributed by atoms with Crippen LogP contribution in [0.4, 0.5) is 5.69 Å². The highest BCUT2D eigenvalue weighted by Crippen LogP contribution is 2.48. The summed E-state index contributed by atoms with van der Waals surface area (Å²) in [6.07, 6.45) is 2.15. The first kappa shape index (κ1) is 14.1. The van der Waals surface area contributed by atoms with E-state index in [2.05, 4.69) is 87.7 Å². The van der Waals surface area contributed by atoms with Gasteiger partial charge in [-0.1, -0.05) is 12.1 Å². The molecule has 2 aromatic rings. The molecule has 0 spiro atoms. The molecule has 1 aliphatic rings. The number of rotatable bonds is 1. The van der Waals surface area contributed by atoms with Gasteiger partial charge in [-0.2, -0.15) is 0 Å². The maximum atomic E-state index is 2.55. The normalized spacial score (nSPS) is 15.9. The quantitative estimate of drug-likeness (QED) is 0.718. The number of pyridine rings is 1. The molecule has 0 N–H and O–H groups in total. The average molecular weight is 281 g/mol. The van der Waals surface area contributed by atoms with Crippen LogP contribution >= 0.6 is 0 Å². The van der Waals surface area contributed by atoms with Crippen molar-refractivity contribution in [3.63, 3.8) is 0 Å². The third-order valence-corrected chi connectivity index (χ3v) is 4.71. The molecule has 110 valence electrons. The molecule has 2 heteroatoms. The van der Waals surface area contributed by atoms with Crippen molar-refractivity contribution in [1.29, 1.82) is 0 Å². The summed E-state index contributed by atoms with van der Waals surface area (Å²) in [5, 5.41) is 0. The predicted molar refractivity (Wildman–Crippen MR) is 88.4 cm³/mol. The van der Waals surface area contributed by atoms with Crippen LogP contribution in [-0.4, -0.2) is 6.04 Å². The van der Waals surface area contributed by atoms with E-state index in [1.54, 1.807) is 0 Å². The van der Waals surface area contributed by atoms with Crippen molar-refractivity contribution >= 4 is 5.69 Å². The number of benzene rings is 1. The summed E-state index contributed by atoms with van der Waals surface area (Å²) < 4.78 is 2.26. The van der Waals surface area contributed by atoms with E-state index in [-0.39, 0.29) is 5.54 Å². The third-order valence-electron chi connectivity index (χ3n) is 4.71. The molecule has 3 rings (SSSR count). The standard InChI is InChI=1S/C19H25N2/c1-13(2)21-16-11-7-9-14(3)17(16)18-15(19(21,4)5)10-8-12-20(18)6/h7-13H,1-6H3/q+1. The molecule has 1 aromatic heterocycles. The Balaban J connectivity index is 2.44. The van der Waals surface area contributed by atoms with Crippen molar-refractivity contribution in [2.75, 3.05) is 4.90 Å². The van der Waals surface area contributed by atoms with Gasteiger partial charge in [0.25, 0.3) is 0 Å². The van der Waals surface area contributed by atoms with Gasteiger partial charge in [0.05, 0.1) is 16.8 Å². The lowest BCUT2D eigenvalue weighted by atomic mass is 9.81. The molecule has 1 aliphatic heterocycles. The van der Waals surface area contributed by atoms with Crippen LogP contribution in [0, 0.1) is 6.92 Å². The molecule has 2 heterocycles. The largest absolute Gasteiger partial charge is 0.359 e. The molecule has 1 aromatic carbocycles. The van der Waals surface area contributed by atoms with Gasteiger partial charge in [0, 0.05) is 17.7 Å². The van der Waals surface area contributed by atoms with Gasteiger partial charge >= 0.3 is 0 Å². The SMILES string of the molecule is Cc1cccc2c1-c1c(ccc[n+]1C)C(C)(C)N2C(C)C. The second kappa shape index (κ2) is 4.59. The Labute approximate surface area is 128 Å². The van der Waals surface area contributed by atoms with Crippen molar-refractivity contribution in [2.24, 2.45) is 7.05 Å². The number of aryl methyl sites for hydroxylation is 2. The highest BCUT2D eigenvalue weighted by Gasteiger charge is 2.42. The first-order chi connectivity index (χ1) is 9.85. The monoisotopic (exact) mass is 281 g/mol. The lowest BCUT2D eigenvalue weighted by molar-refractivity contribution is -0.661. The van der Waals surface area contributed by atoms with Crippen LogP contribution in [0.3, 0.4) is 0 Å². The highest BCUT2D eigenvalue weighted by atomic mass is 15.2. The second-order valence-electron chi connectivity index (χ2n) is 6.87. The summed E-state index contributed by atoms with van der Waals surface area (Å²) in [7, 11) is 2.15. The van der Waals surface area contributed by atoms with Crippen molar-refractivity contribution < 1.29 is 4.57 Å². The molecule has 0 saturated heterocycles. The van der Waals surface area contributed by atoms with Crippen LogP contribution < -0.4 is 9.47 Å². The number of hydrogen-bond acceptors (Lipinski definition) is 1. The van der Waals surface area contributed by atoms with Crippen LogP contribution in [0.1, 0.15) is 38.8 Å². The van der Waals surface area contributed by atoms with E-state index >= 15 is 0 Å². The highest BCUT2D eigenvalue weighted by molar-refractivity contribution is 5.84. The maximum Gasteiger partial charge on any atom is 0.220 e. The second-order valence-corrected chi connectivity index (χ2v) is 6.87. The zero-order chi connectivity index (χ0) is 15.4. The van der Waals surface area contributed by atoms with Crippen molar-refractivity contribution in [3.05, 3.63) is 47.7 Å². The number of fused-ring (bicyclic) bond motifs is 3. The Morgan fingerprint density at radius 1 is 1.10 bits per heavy atom. The first-order valence-electron chi connectivity index (χ1n) is 7.74. The number of hydrogen-bond donors (Lipinski definition) is 0. The third kappa shape index (κ3) is 1.89. The van der Waals surface area contributed by atoms with Gasteiger partial charge in [0.15, 0.2) is 6.20 Å². The number of nitrogens with zero attached hydrogens (tertiary/aromatic N) is 2. The first-order valence-corrected chi connectivity index (χ1v) is 7.74. The van der Waals surface area contributed by atoms with E-state index in [1.165, 1.54) is 28.1 Å². The molecule has 0 amide bonds. The van der Waals surface area contributed by atoms with Gasteiger partial charge in [0.1, 0.15) is 7.05 Å². The van der Waals surface area contributed by atoms with E-state index < -0.39 is 0 Å². The maximum absolute atomic E-state index is 2.55. The minimum Gasteiger partial charge on any atom is -0.359 e. The van der Waals surface area contributed by atoms with Crippen molar-refractivity contribution in [3.8, 4) is 11.3 Å². The summed E-state index contributed by atoms with van der Waals surface area (Å²) in [6.45, 7) is 11.4. The molecule has 0 bridgehead atoms. The van der Waals surface area contributed by atoms with Gasteiger partial charge in [-0.05, 0) is 52.3 Å². The van der Waals surface area contributed by atoms with Crippen LogP contribution in [0.25, 0.3) is 11.3 Å². The van der Waals surface area contributed by atoms with E-state index in [4.69, 9.17) is 0 Å². The molecule has 0 aliphatic carbocycles. The van der Waals surface area contributed by atoms with Crippen molar-refractivity contribution in [1.82, 2.24) is 0 Å². The van der Waals surface area contributed by atoms with Gasteiger partial charge in [-0.15, -0.1) is 0 Å². The Hall–Kier alpha value is -1.83. The number of anilines is 1.